The topological polar surface area (TPSA) is 66.5 Å². The molecule has 0 fully saturated rings. The highest BCUT2D eigenvalue weighted by Crippen LogP contribution is 2.22. The minimum atomic E-state index is -3.56. The molecule has 1 aromatic rings. The highest BCUT2D eigenvalue weighted by Gasteiger charge is 2.31. The zero-order valence-electron chi connectivity index (χ0n) is 14.4. The molecule has 1 amide bonds. The summed E-state index contributed by atoms with van der Waals surface area (Å²) in [6.45, 7) is 2.33. The van der Waals surface area contributed by atoms with Crippen LogP contribution in [0.2, 0.25) is 0 Å². The molecule has 6 heteroatoms. The third-order valence-electron chi connectivity index (χ3n) is 4.22. The van der Waals surface area contributed by atoms with Crippen LogP contribution in [-0.2, 0) is 14.8 Å². The van der Waals surface area contributed by atoms with Gasteiger partial charge in [0.1, 0.15) is 6.04 Å². The van der Waals surface area contributed by atoms with Gasteiger partial charge in [-0.25, -0.2) is 8.42 Å². The largest absolute Gasteiger partial charge is 0.351 e. The second kappa shape index (κ2) is 8.33. The van der Waals surface area contributed by atoms with E-state index in [1.165, 1.54) is 16.3 Å². The van der Waals surface area contributed by atoms with Crippen molar-refractivity contribution in [2.75, 3.05) is 17.1 Å². The van der Waals surface area contributed by atoms with E-state index < -0.39 is 16.1 Å². The Morgan fingerprint density at radius 2 is 1.96 bits per heavy atom. The van der Waals surface area contributed by atoms with Crippen molar-refractivity contribution < 1.29 is 13.2 Å². The van der Waals surface area contributed by atoms with Crippen molar-refractivity contribution in [2.24, 2.45) is 0 Å². The first-order chi connectivity index (χ1) is 11.4. The molecule has 1 atom stereocenters. The fourth-order valence-corrected chi connectivity index (χ4v) is 4.23. The summed E-state index contributed by atoms with van der Waals surface area (Å²) in [4.78, 5) is 12.6. The number of anilines is 1. The van der Waals surface area contributed by atoms with Crippen LogP contribution in [0.5, 0.6) is 0 Å². The third-order valence-corrected chi connectivity index (χ3v) is 5.40. The summed E-state index contributed by atoms with van der Waals surface area (Å²) < 4.78 is 25.8. The average Bonchev–Trinajstić information content (AvgIpc) is 2.58. The Bertz CT molecular complexity index is 683. The van der Waals surface area contributed by atoms with Crippen LogP contribution in [0.25, 0.3) is 0 Å². The third kappa shape index (κ3) is 4.84. The molecular weight excluding hydrogens is 324 g/mol. The van der Waals surface area contributed by atoms with Gasteiger partial charge in [-0.05, 0) is 44.2 Å². The van der Waals surface area contributed by atoms with Crippen molar-refractivity contribution in [3.63, 3.8) is 0 Å². The number of carbonyl (C=O) groups is 1. The van der Waals surface area contributed by atoms with Crippen molar-refractivity contribution in [3.8, 4) is 0 Å². The monoisotopic (exact) mass is 350 g/mol. The molecule has 0 spiro atoms. The molecule has 0 aliphatic heterocycles. The summed E-state index contributed by atoms with van der Waals surface area (Å²) in [5.74, 6) is -0.252. The molecule has 2 rings (SSSR count). The summed E-state index contributed by atoms with van der Waals surface area (Å²) in [5.41, 5.74) is 1.74. The van der Waals surface area contributed by atoms with Gasteiger partial charge >= 0.3 is 0 Å². The van der Waals surface area contributed by atoms with Crippen LogP contribution in [0.1, 0.15) is 39.0 Å². The highest BCUT2D eigenvalue weighted by molar-refractivity contribution is 7.92. The standard InChI is InChI=1S/C18H26N2O3S/c1-3-17(18(21)19-14-15-10-6-4-7-11-15)20(24(2,22)23)16-12-8-5-9-13-16/h5,8-10,12-13,17H,3-4,6-7,11,14H2,1-2H3,(H,19,21)/t17-/m1/s1. The molecule has 1 aliphatic rings. The smallest absolute Gasteiger partial charge is 0.244 e. The molecule has 0 saturated carbocycles. The fourth-order valence-electron chi connectivity index (χ4n) is 3.02. The van der Waals surface area contributed by atoms with Gasteiger partial charge in [0.15, 0.2) is 0 Å². The first kappa shape index (κ1) is 18.5. The molecule has 24 heavy (non-hydrogen) atoms. The lowest BCUT2D eigenvalue weighted by Gasteiger charge is -2.30. The van der Waals surface area contributed by atoms with Gasteiger partial charge in [-0.1, -0.05) is 36.8 Å². The van der Waals surface area contributed by atoms with Crippen molar-refractivity contribution in [1.29, 1.82) is 0 Å². The molecule has 1 aliphatic carbocycles. The van der Waals surface area contributed by atoms with Crippen LogP contribution >= 0.6 is 0 Å². The van der Waals surface area contributed by atoms with Crippen molar-refractivity contribution in [3.05, 3.63) is 42.0 Å². The molecule has 1 N–H and O–H groups in total. The van der Waals surface area contributed by atoms with E-state index in [0.29, 0.717) is 18.7 Å². The molecule has 0 aromatic heterocycles. The Morgan fingerprint density at radius 1 is 1.25 bits per heavy atom. The number of rotatable bonds is 7. The molecule has 0 bridgehead atoms. The van der Waals surface area contributed by atoms with E-state index in [1.807, 2.05) is 13.0 Å². The van der Waals surface area contributed by atoms with E-state index in [1.54, 1.807) is 24.3 Å². The number of para-hydroxylation sites is 1. The number of allylic oxidation sites excluding steroid dienone is 1. The van der Waals surface area contributed by atoms with Crippen LogP contribution in [0.15, 0.2) is 42.0 Å². The lowest BCUT2D eigenvalue weighted by molar-refractivity contribution is -0.122. The van der Waals surface area contributed by atoms with Crippen molar-refractivity contribution in [2.45, 2.75) is 45.1 Å². The first-order valence-electron chi connectivity index (χ1n) is 8.43. The Morgan fingerprint density at radius 3 is 2.50 bits per heavy atom. The molecule has 132 valence electrons. The molecule has 0 unspecified atom stereocenters. The zero-order valence-corrected chi connectivity index (χ0v) is 15.2. The minimum Gasteiger partial charge on any atom is -0.351 e. The quantitative estimate of drug-likeness (QED) is 0.769. The average molecular weight is 350 g/mol. The Hall–Kier alpha value is -1.82. The number of nitrogens with zero attached hydrogens (tertiary/aromatic N) is 1. The Labute approximate surface area is 144 Å². The highest BCUT2D eigenvalue weighted by atomic mass is 32.2. The van der Waals surface area contributed by atoms with Gasteiger partial charge in [0.2, 0.25) is 15.9 Å². The summed E-state index contributed by atoms with van der Waals surface area (Å²) >= 11 is 0. The number of amides is 1. The second-order valence-electron chi connectivity index (χ2n) is 6.14. The van der Waals surface area contributed by atoms with E-state index >= 15 is 0 Å². The predicted octanol–water partition coefficient (Wildman–Crippen LogP) is 2.85. The maximum atomic E-state index is 12.6. The van der Waals surface area contributed by atoms with Gasteiger partial charge in [-0.3, -0.25) is 9.10 Å². The van der Waals surface area contributed by atoms with Crippen LogP contribution in [0, 0.1) is 0 Å². The first-order valence-corrected chi connectivity index (χ1v) is 10.3. The molecule has 0 saturated heterocycles. The molecule has 0 heterocycles. The van der Waals surface area contributed by atoms with Crippen LogP contribution in [0.3, 0.4) is 0 Å². The Kier molecular flexibility index (Phi) is 6.43. The van der Waals surface area contributed by atoms with Crippen LogP contribution < -0.4 is 9.62 Å². The van der Waals surface area contributed by atoms with Gasteiger partial charge in [0.05, 0.1) is 11.9 Å². The number of benzene rings is 1. The van der Waals surface area contributed by atoms with Gasteiger partial charge in [-0.2, -0.15) is 0 Å². The van der Waals surface area contributed by atoms with Gasteiger partial charge < -0.3 is 5.32 Å². The molecule has 5 nitrogen and oxygen atoms in total. The lowest BCUT2D eigenvalue weighted by atomic mass is 9.99. The predicted molar refractivity (Wildman–Crippen MR) is 97.4 cm³/mol. The molecule has 1 aromatic carbocycles. The Balaban J connectivity index is 2.16. The maximum absolute atomic E-state index is 12.6. The van der Waals surface area contributed by atoms with Crippen molar-refractivity contribution in [1.82, 2.24) is 5.32 Å². The van der Waals surface area contributed by atoms with Gasteiger partial charge in [-0.15, -0.1) is 0 Å². The molecular formula is C18H26N2O3S. The summed E-state index contributed by atoms with van der Waals surface area (Å²) in [6, 6.07) is 8.03. The number of hydrogen-bond donors (Lipinski definition) is 1. The maximum Gasteiger partial charge on any atom is 0.244 e. The van der Waals surface area contributed by atoms with Crippen LogP contribution in [0.4, 0.5) is 5.69 Å². The number of sulfonamides is 1. The number of hydrogen-bond acceptors (Lipinski definition) is 3. The summed E-state index contributed by atoms with van der Waals surface area (Å²) in [5, 5.41) is 2.91. The fraction of sp³-hybridized carbons (Fsp3) is 0.500. The minimum absolute atomic E-state index is 0.252. The van der Waals surface area contributed by atoms with E-state index in [2.05, 4.69) is 11.4 Å². The molecule has 0 radical (unpaired) electrons. The van der Waals surface area contributed by atoms with Gasteiger partial charge in [0, 0.05) is 6.54 Å². The van der Waals surface area contributed by atoms with Crippen LogP contribution in [-0.4, -0.2) is 33.2 Å². The zero-order chi connectivity index (χ0) is 17.6. The van der Waals surface area contributed by atoms with E-state index in [0.717, 1.165) is 25.5 Å². The second-order valence-corrected chi connectivity index (χ2v) is 8.00. The van der Waals surface area contributed by atoms with E-state index in [4.69, 9.17) is 0 Å². The van der Waals surface area contributed by atoms with Crippen molar-refractivity contribution >= 4 is 21.6 Å². The SMILES string of the molecule is CC[C@H](C(=O)NCC1=CCCCC1)N(c1ccccc1)S(C)(=O)=O. The number of carbonyl (C=O) groups excluding carboxylic acids is 1. The lowest BCUT2D eigenvalue weighted by Crippen LogP contribution is -2.49. The summed E-state index contributed by atoms with van der Waals surface area (Å²) in [7, 11) is -3.56. The number of nitrogens with one attached hydrogen (secondary N) is 1. The van der Waals surface area contributed by atoms with Gasteiger partial charge in [0.25, 0.3) is 0 Å². The summed E-state index contributed by atoms with van der Waals surface area (Å²) in [6.07, 6.45) is 8.14. The van der Waals surface area contributed by atoms with E-state index in [9.17, 15) is 13.2 Å². The van der Waals surface area contributed by atoms with E-state index in [-0.39, 0.29) is 5.91 Å². The normalized spacial score (nSPS) is 16.2.